The molecular weight excluding hydrogens is 434 g/mol. The predicted molar refractivity (Wildman–Crippen MR) is 133 cm³/mol. The summed E-state index contributed by atoms with van der Waals surface area (Å²) in [6, 6.07) is 21.9. The molecule has 1 N–H and O–H groups in total. The molecular formula is C25H25N5O2S. The molecule has 4 aromatic rings. The topological polar surface area (TPSA) is 81.4 Å². The van der Waals surface area contributed by atoms with Crippen molar-refractivity contribution in [3.05, 3.63) is 72.3 Å². The second kappa shape index (κ2) is 10.3. The van der Waals surface area contributed by atoms with Gasteiger partial charge in [0.05, 0.1) is 18.6 Å². The summed E-state index contributed by atoms with van der Waals surface area (Å²) in [5.41, 5.74) is 5.30. The first-order valence-electron chi connectivity index (χ1n) is 10.6. The Morgan fingerprint density at radius 1 is 1.06 bits per heavy atom. The quantitative estimate of drug-likeness (QED) is 0.233. The van der Waals surface area contributed by atoms with Crippen molar-refractivity contribution < 1.29 is 9.53 Å². The lowest BCUT2D eigenvalue weighted by Crippen LogP contribution is -2.21. The average Bonchev–Trinajstić information content (AvgIpc) is 3.28. The zero-order valence-electron chi connectivity index (χ0n) is 18.8. The van der Waals surface area contributed by atoms with Gasteiger partial charge >= 0.3 is 0 Å². The fraction of sp³-hybridized carbons (Fsp3) is 0.200. The molecule has 168 valence electrons. The van der Waals surface area contributed by atoms with Crippen LogP contribution in [0.15, 0.2) is 77.0 Å². The molecule has 3 aromatic carbocycles. The molecule has 0 saturated heterocycles. The highest BCUT2D eigenvalue weighted by molar-refractivity contribution is 7.99. The molecule has 1 amide bonds. The maximum Gasteiger partial charge on any atom is 0.250 e. The van der Waals surface area contributed by atoms with E-state index >= 15 is 0 Å². The number of nitrogens with zero attached hydrogens (tertiary/aromatic N) is 4. The Morgan fingerprint density at radius 2 is 1.82 bits per heavy atom. The van der Waals surface area contributed by atoms with Gasteiger partial charge in [-0.15, -0.1) is 10.2 Å². The maximum absolute atomic E-state index is 12.4. The molecule has 0 atom stereocenters. The van der Waals surface area contributed by atoms with Crippen molar-refractivity contribution in [1.82, 2.24) is 20.2 Å². The third-order valence-electron chi connectivity index (χ3n) is 5.23. The van der Waals surface area contributed by atoms with Gasteiger partial charge in [-0.2, -0.15) is 5.10 Å². The third kappa shape index (κ3) is 5.23. The van der Waals surface area contributed by atoms with Crippen LogP contribution >= 0.6 is 11.8 Å². The van der Waals surface area contributed by atoms with Crippen LogP contribution in [-0.4, -0.2) is 39.2 Å². The average molecular weight is 460 g/mol. The minimum absolute atomic E-state index is 0.190. The lowest BCUT2D eigenvalue weighted by Gasteiger charge is -2.08. The Balaban J connectivity index is 1.39. The SMILES string of the molecule is CCn1c(SCC(=O)NN=C(C)c2ccc3ccccc3c2)nnc1-c1ccc(OC)cc1. The molecule has 0 spiro atoms. The third-order valence-corrected chi connectivity index (χ3v) is 6.20. The number of benzene rings is 3. The molecule has 33 heavy (non-hydrogen) atoms. The van der Waals surface area contributed by atoms with E-state index in [4.69, 9.17) is 4.74 Å². The molecule has 0 bridgehead atoms. The Bertz CT molecular complexity index is 1300. The normalized spacial score (nSPS) is 11.5. The molecule has 0 saturated carbocycles. The van der Waals surface area contributed by atoms with Gasteiger partial charge in [-0.05, 0) is 60.5 Å². The number of hydrogen-bond donors (Lipinski definition) is 1. The number of carbonyl (C=O) groups is 1. The number of methoxy groups -OCH3 is 1. The molecule has 1 heterocycles. The lowest BCUT2D eigenvalue weighted by atomic mass is 10.0. The number of hydrazone groups is 1. The van der Waals surface area contributed by atoms with Crippen molar-refractivity contribution in [2.45, 2.75) is 25.5 Å². The van der Waals surface area contributed by atoms with Crippen LogP contribution in [0.4, 0.5) is 0 Å². The maximum atomic E-state index is 12.4. The Labute approximate surface area is 196 Å². The highest BCUT2D eigenvalue weighted by atomic mass is 32.2. The van der Waals surface area contributed by atoms with Gasteiger partial charge < -0.3 is 9.30 Å². The van der Waals surface area contributed by atoms with Crippen molar-refractivity contribution in [2.24, 2.45) is 5.10 Å². The van der Waals surface area contributed by atoms with Crippen LogP contribution < -0.4 is 10.2 Å². The van der Waals surface area contributed by atoms with Gasteiger partial charge in [-0.25, -0.2) is 5.43 Å². The van der Waals surface area contributed by atoms with E-state index in [9.17, 15) is 4.79 Å². The van der Waals surface area contributed by atoms with E-state index in [1.807, 2.05) is 60.9 Å². The number of carbonyl (C=O) groups excluding carboxylic acids is 1. The second-order valence-corrected chi connectivity index (χ2v) is 8.30. The van der Waals surface area contributed by atoms with E-state index in [1.165, 1.54) is 17.1 Å². The number of rotatable bonds is 8. The van der Waals surface area contributed by atoms with Gasteiger partial charge in [-0.1, -0.05) is 48.2 Å². The van der Waals surface area contributed by atoms with Crippen LogP contribution in [-0.2, 0) is 11.3 Å². The number of fused-ring (bicyclic) bond motifs is 1. The Morgan fingerprint density at radius 3 is 2.55 bits per heavy atom. The summed E-state index contributed by atoms with van der Waals surface area (Å²) < 4.78 is 7.21. The van der Waals surface area contributed by atoms with Crippen molar-refractivity contribution in [3.63, 3.8) is 0 Å². The second-order valence-electron chi connectivity index (χ2n) is 7.36. The van der Waals surface area contributed by atoms with Crippen LogP contribution in [0, 0.1) is 0 Å². The van der Waals surface area contributed by atoms with Crippen molar-refractivity contribution >= 4 is 34.2 Å². The molecule has 8 heteroatoms. The summed E-state index contributed by atoms with van der Waals surface area (Å²) in [6.07, 6.45) is 0. The highest BCUT2D eigenvalue weighted by Gasteiger charge is 2.14. The van der Waals surface area contributed by atoms with Crippen LogP contribution in [0.3, 0.4) is 0 Å². The van der Waals surface area contributed by atoms with Crippen molar-refractivity contribution in [2.75, 3.05) is 12.9 Å². The summed E-state index contributed by atoms with van der Waals surface area (Å²) in [6.45, 7) is 4.60. The van der Waals surface area contributed by atoms with Crippen LogP contribution in [0.25, 0.3) is 22.2 Å². The number of nitrogens with one attached hydrogen (secondary N) is 1. The molecule has 7 nitrogen and oxygen atoms in total. The standard InChI is InChI=1S/C25H25N5O2S/c1-4-30-24(19-11-13-22(32-3)14-12-19)28-29-25(30)33-16-23(31)27-26-17(2)20-10-9-18-7-5-6-8-21(18)15-20/h5-15H,4,16H2,1-3H3,(H,27,31). The number of ether oxygens (including phenoxy) is 1. The summed E-state index contributed by atoms with van der Waals surface area (Å²) in [4.78, 5) is 12.4. The van der Waals surface area contributed by atoms with E-state index in [0.717, 1.165) is 33.8 Å². The molecule has 0 radical (unpaired) electrons. The number of aromatic nitrogens is 3. The highest BCUT2D eigenvalue weighted by Crippen LogP contribution is 2.25. The fourth-order valence-corrected chi connectivity index (χ4v) is 4.22. The number of thioether (sulfide) groups is 1. The zero-order valence-corrected chi connectivity index (χ0v) is 19.6. The van der Waals surface area contributed by atoms with Crippen LogP contribution in [0.5, 0.6) is 5.75 Å². The molecule has 0 aliphatic heterocycles. The van der Waals surface area contributed by atoms with Crippen molar-refractivity contribution in [3.8, 4) is 17.1 Å². The first-order valence-corrected chi connectivity index (χ1v) is 11.6. The Hall–Kier alpha value is -3.65. The molecule has 0 fully saturated rings. The molecule has 1 aromatic heterocycles. The molecule has 0 aliphatic carbocycles. The predicted octanol–water partition coefficient (Wildman–Crippen LogP) is 4.76. The Kier molecular flexibility index (Phi) is 7.04. The van der Waals surface area contributed by atoms with Crippen LogP contribution in [0.1, 0.15) is 19.4 Å². The largest absolute Gasteiger partial charge is 0.497 e. The van der Waals surface area contributed by atoms with E-state index < -0.39 is 0 Å². The lowest BCUT2D eigenvalue weighted by molar-refractivity contribution is -0.118. The number of amides is 1. The van der Waals surface area contributed by atoms with Gasteiger partial charge in [0.15, 0.2) is 11.0 Å². The minimum atomic E-state index is -0.197. The van der Waals surface area contributed by atoms with E-state index in [2.05, 4.69) is 45.0 Å². The first kappa shape index (κ1) is 22.5. The molecule has 4 rings (SSSR count). The monoisotopic (exact) mass is 459 g/mol. The van der Waals surface area contributed by atoms with E-state index in [1.54, 1.807) is 7.11 Å². The van der Waals surface area contributed by atoms with E-state index in [-0.39, 0.29) is 11.7 Å². The summed E-state index contributed by atoms with van der Waals surface area (Å²) >= 11 is 1.34. The molecule has 0 aliphatic rings. The van der Waals surface area contributed by atoms with Gasteiger partial charge in [0.25, 0.3) is 5.91 Å². The van der Waals surface area contributed by atoms with Gasteiger partial charge in [0.2, 0.25) is 0 Å². The van der Waals surface area contributed by atoms with Gasteiger partial charge in [0, 0.05) is 12.1 Å². The zero-order chi connectivity index (χ0) is 23.2. The van der Waals surface area contributed by atoms with E-state index in [0.29, 0.717) is 11.7 Å². The minimum Gasteiger partial charge on any atom is -0.497 e. The summed E-state index contributed by atoms with van der Waals surface area (Å²) in [5, 5.41) is 15.9. The first-order chi connectivity index (χ1) is 16.1. The van der Waals surface area contributed by atoms with Gasteiger partial charge in [-0.3, -0.25) is 4.79 Å². The molecule has 0 unspecified atom stereocenters. The van der Waals surface area contributed by atoms with Crippen molar-refractivity contribution in [1.29, 1.82) is 0 Å². The summed E-state index contributed by atoms with van der Waals surface area (Å²) in [5.74, 6) is 1.53. The fourth-order valence-electron chi connectivity index (χ4n) is 3.42. The van der Waals surface area contributed by atoms with Crippen LogP contribution in [0.2, 0.25) is 0 Å². The smallest absolute Gasteiger partial charge is 0.250 e. The summed E-state index contributed by atoms with van der Waals surface area (Å²) in [7, 11) is 1.64. The van der Waals surface area contributed by atoms with Gasteiger partial charge in [0.1, 0.15) is 5.75 Å². The number of hydrogen-bond acceptors (Lipinski definition) is 6.